The van der Waals surface area contributed by atoms with Crippen molar-refractivity contribution < 1.29 is 9.53 Å². The second kappa shape index (κ2) is 6.45. The zero-order valence-corrected chi connectivity index (χ0v) is 10.8. The first-order valence-corrected chi connectivity index (χ1v) is 6.02. The molecule has 4 heteroatoms. The molecule has 0 bridgehead atoms. The van der Waals surface area contributed by atoms with Gasteiger partial charge in [0, 0.05) is 31.4 Å². The second-order valence-electron chi connectivity index (χ2n) is 4.63. The van der Waals surface area contributed by atoms with Crippen LogP contribution in [-0.2, 0) is 16.1 Å². The molecule has 0 aliphatic rings. The third kappa shape index (κ3) is 4.23. The van der Waals surface area contributed by atoms with Gasteiger partial charge in [-0.25, -0.2) is 0 Å². The Labute approximate surface area is 103 Å². The monoisotopic (exact) mass is 238 g/mol. The normalized spacial score (nSPS) is 12.8. The lowest BCUT2D eigenvalue weighted by Crippen LogP contribution is -2.15. The molecule has 0 saturated carbocycles. The highest BCUT2D eigenvalue weighted by Gasteiger charge is 2.11. The fourth-order valence-corrected chi connectivity index (χ4v) is 1.69. The number of hydrogen-bond donors (Lipinski definition) is 1. The van der Waals surface area contributed by atoms with Crippen molar-refractivity contribution in [3.63, 3.8) is 0 Å². The molecule has 0 aromatic carbocycles. The Hall–Kier alpha value is -1.29. The average molecular weight is 238 g/mol. The van der Waals surface area contributed by atoms with Gasteiger partial charge < -0.3 is 15.0 Å². The van der Waals surface area contributed by atoms with Gasteiger partial charge in [-0.2, -0.15) is 0 Å². The molecule has 17 heavy (non-hydrogen) atoms. The minimum atomic E-state index is -0.156. The second-order valence-corrected chi connectivity index (χ2v) is 4.63. The molecule has 1 unspecified atom stereocenters. The number of carbonyl (C=O) groups is 1. The maximum absolute atomic E-state index is 11.0. The topological polar surface area (TPSA) is 57.2 Å². The molecule has 1 heterocycles. The minimum absolute atomic E-state index is 0.0804. The van der Waals surface area contributed by atoms with Gasteiger partial charge in [0.25, 0.3) is 0 Å². The number of hydrogen-bond acceptors (Lipinski definition) is 3. The number of nitrogens with zero attached hydrogens (tertiary/aromatic N) is 1. The van der Waals surface area contributed by atoms with Gasteiger partial charge in [0.05, 0.1) is 7.11 Å². The Balaban J connectivity index is 2.43. The molecule has 0 radical (unpaired) electrons. The molecule has 0 aliphatic heterocycles. The van der Waals surface area contributed by atoms with Gasteiger partial charge in [-0.05, 0) is 24.0 Å². The Morgan fingerprint density at radius 1 is 1.53 bits per heavy atom. The number of carbonyl (C=O) groups excluding carboxylic acids is 1. The predicted molar refractivity (Wildman–Crippen MR) is 67.4 cm³/mol. The van der Waals surface area contributed by atoms with Crippen molar-refractivity contribution in [3.05, 3.63) is 24.0 Å². The van der Waals surface area contributed by atoms with E-state index in [2.05, 4.69) is 29.3 Å². The summed E-state index contributed by atoms with van der Waals surface area (Å²) in [5.74, 6) is 0.275. The summed E-state index contributed by atoms with van der Waals surface area (Å²) in [7, 11) is 1.41. The van der Waals surface area contributed by atoms with Crippen LogP contribution in [0.4, 0.5) is 0 Å². The van der Waals surface area contributed by atoms with Gasteiger partial charge in [0.2, 0.25) is 0 Å². The maximum Gasteiger partial charge on any atom is 0.305 e. The fraction of sp³-hybridized carbons (Fsp3) is 0.615. The zero-order chi connectivity index (χ0) is 12.8. The average Bonchev–Trinajstić information content (AvgIpc) is 2.76. The van der Waals surface area contributed by atoms with E-state index in [1.807, 2.05) is 12.3 Å². The number of ether oxygens (including phenoxy) is 1. The summed E-state index contributed by atoms with van der Waals surface area (Å²) in [5.41, 5.74) is 7.21. The van der Waals surface area contributed by atoms with Crippen LogP contribution in [0.15, 0.2) is 18.5 Å². The summed E-state index contributed by atoms with van der Waals surface area (Å²) in [6.45, 7) is 5.04. The number of methoxy groups -OCH3 is 1. The van der Waals surface area contributed by atoms with Crippen LogP contribution in [0, 0.1) is 5.92 Å². The van der Waals surface area contributed by atoms with Crippen molar-refractivity contribution in [2.24, 2.45) is 11.7 Å². The number of nitrogens with two attached hydrogens (primary N) is 1. The lowest BCUT2D eigenvalue weighted by atomic mass is 10.00. The molecule has 4 nitrogen and oxygen atoms in total. The highest BCUT2D eigenvalue weighted by Crippen LogP contribution is 2.19. The van der Waals surface area contributed by atoms with Crippen molar-refractivity contribution in [1.29, 1.82) is 0 Å². The van der Waals surface area contributed by atoms with E-state index in [0.717, 1.165) is 18.5 Å². The molecule has 0 saturated heterocycles. The first kappa shape index (κ1) is 13.8. The zero-order valence-electron chi connectivity index (χ0n) is 10.8. The van der Waals surface area contributed by atoms with Crippen molar-refractivity contribution in [1.82, 2.24) is 4.57 Å². The molecule has 1 aromatic heterocycles. The standard InChI is InChI=1S/C13H22N2O2/c1-10(2)13(14)11-6-8-15(9-11)7-4-5-12(16)17-3/h6,8-10,13H,4-5,7,14H2,1-3H3. The summed E-state index contributed by atoms with van der Waals surface area (Å²) in [5, 5.41) is 0. The Morgan fingerprint density at radius 2 is 2.24 bits per heavy atom. The van der Waals surface area contributed by atoms with E-state index >= 15 is 0 Å². The molecule has 0 amide bonds. The first-order valence-electron chi connectivity index (χ1n) is 6.02. The highest BCUT2D eigenvalue weighted by molar-refractivity contribution is 5.68. The van der Waals surface area contributed by atoms with E-state index in [4.69, 9.17) is 5.73 Å². The van der Waals surface area contributed by atoms with Gasteiger partial charge in [-0.1, -0.05) is 13.8 Å². The van der Waals surface area contributed by atoms with E-state index in [-0.39, 0.29) is 12.0 Å². The van der Waals surface area contributed by atoms with Crippen molar-refractivity contribution in [3.8, 4) is 0 Å². The Morgan fingerprint density at radius 3 is 2.82 bits per heavy atom. The molecular weight excluding hydrogens is 216 g/mol. The summed E-state index contributed by atoms with van der Waals surface area (Å²) in [4.78, 5) is 11.0. The summed E-state index contributed by atoms with van der Waals surface area (Å²) >= 11 is 0. The van der Waals surface area contributed by atoms with E-state index in [0.29, 0.717) is 12.3 Å². The molecular formula is C13H22N2O2. The van der Waals surface area contributed by atoms with Gasteiger partial charge >= 0.3 is 5.97 Å². The molecule has 1 atom stereocenters. The lowest BCUT2D eigenvalue weighted by molar-refractivity contribution is -0.140. The van der Waals surface area contributed by atoms with Crippen molar-refractivity contribution in [2.45, 2.75) is 39.3 Å². The van der Waals surface area contributed by atoms with Crippen LogP contribution in [0.3, 0.4) is 0 Å². The van der Waals surface area contributed by atoms with E-state index in [9.17, 15) is 4.79 Å². The van der Waals surface area contributed by atoms with E-state index < -0.39 is 0 Å². The molecule has 1 aromatic rings. The molecule has 2 N–H and O–H groups in total. The van der Waals surface area contributed by atoms with Crippen LogP contribution in [-0.4, -0.2) is 17.6 Å². The number of aromatic nitrogens is 1. The van der Waals surface area contributed by atoms with Crippen molar-refractivity contribution >= 4 is 5.97 Å². The van der Waals surface area contributed by atoms with Crippen LogP contribution >= 0.6 is 0 Å². The predicted octanol–water partition coefficient (Wildman–Crippen LogP) is 2.10. The smallest absolute Gasteiger partial charge is 0.305 e. The lowest BCUT2D eigenvalue weighted by Gasteiger charge is -2.13. The van der Waals surface area contributed by atoms with E-state index in [1.54, 1.807) is 0 Å². The Kier molecular flexibility index (Phi) is 5.22. The van der Waals surface area contributed by atoms with Gasteiger partial charge in [0.1, 0.15) is 0 Å². The number of aryl methyl sites for hydroxylation is 1. The molecule has 0 aliphatic carbocycles. The van der Waals surface area contributed by atoms with Gasteiger partial charge in [-0.15, -0.1) is 0 Å². The largest absolute Gasteiger partial charge is 0.469 e. The summed E-state index contributed by atoms with van der Waals surface area (Å²) in [6.07, 6.45) is 5.31. The summed E-state index contributed by atoms with van der Waals surface area (Å²) < 4.78 is 6.66. The third-order valence-electron chi connectivity index (χ3n) is 2.90. The van der Waals surface area contributed by atoms with Crippen molar-refractivity contribution in [2.75, 3.05) is 7.11 Å². The molecule has 96 valence electrons. The number of esters is 1. The van der Waals surface area contributed by atoms with Crippen LogP contribution in [0.1, 0.15) is 38.3 Å². The van der Waals surface area contributed by atoms with Crippen LogP contribution in [0.25, 0.3) is 0 Å². The van der Waals surface area contributed by atoms with Crippen LogP contribution in [0.5, 0.6) is 0 Å². The van der Waals surface area contributed by atoms with E-state index in [1.165, 1.54) is 7.11 Å². The molecule has 0 spiro atoms. The Bertz CT molecular complexity index is 358. The highest BCUT2D eigenvalue weighted by atomic mass is 16.5. The van der Waals surface area contributed by atoms with Gasteiger partial charge in [0.15, 0.2) is 0 Å². The maximum atomic E-state index is 11.0. The first-order chi connectivity index (χ1) is 8.04. The van der Waals surface area contributed by atoms with Crippen LogP contribution in [0.2, 0.25) is 0 Å². The third-order valence-corrected chi connectivity index (χ3v) is 2.90. The molecule has 1 rings (SSSR count). The quantitative estimate of drug-likeness (QED) is 0.772. The SMILES string of the molecule is COC(=O)CCCn1ccc(C(N)C(C)C)c1. The molecule has 0 fully saturated rings. The van der Waals surface area contributed by atoms with Gasteiger partial charge in [-0.3, -0.25) is 4.79 Å². The minimum Gasteiger partial charge on any atom is -0.469 e. The summed E-state index contributed by atoms with van der Waals surface area (Å²) in [6, 6.07) is 2.12. The van der Waals surface area contributed by atoms with Crippen LogP contribution < -0.4 is 5.73 Å². The fourth-order valence-electron chi connectivity index (χ4n) is 1.69. The number of rotatable bonds is 6.